The molecule has 28 heavy (non-hydrogen) atoms. The molecule has 152 valence electrons. The normalized spacial score (nSPS) is 32.1. The molecule has 5 heteroatoms. The van der Waals surface area contributed by atoms with Gasteiger partial charge in [-0.1, -0.05) is 32.0 Å². The van der Waals surface area contributed by atoms with Crippen molar-refractivity contribution in [1.82, 2.24) is 10.2 Å². The molecule has 1 amide bonds. The van der Waals surface area contributed by atoms with Crippen molar-refractivity contribution >= 4 is 23.2 Å². The summed E-state index contributed by atoms with van der Waals surface area (Å²) in [5.41, 5.74) is 2.88. The van der Waals surface area contributed by atoms with Crippen LogP contribution in [0.3, 0.4) is 0 Å². The van der Waals surface area contributed by atoms with Crippen molar-refractivity contribution in [3.05, 3.63) is 34.9 Å². The molecule has 1 N–H and O–H groups in total. The number of thiocarbonyl (C=S) groups is 1. The fourth-order valence-corrected chi connectivity index (χ4v) is 6.18. The van der Waals surface area contributed by atoms with Crippen LogP contribution in [-0.2, 0) is 21.5 Å². The summed E-state index contributed by atoms with van der Waals surface area (Å²) < 4.78 is 5.64. The third-order valence-corrected chi connectivity index (χ3v) is 7.62. The van der Waals surface area contributed by atoms with Crippen LogP contribution in [0.5, 0.6) is 0 Å². The molecule has 0 radical (unpaired) electrons. The van der Waals surface area contributed by atoms with Gasteiger partial charge in [-0.15, -0.1) is 0 Å². The van der Waals surface area contributed by atoms with Crippen LogP contribution < -0.4 is 5.32 Å². The maximum absolute atomic E-state index is 14.0. The Kier molecular flexibility index (Phi) is 4.82. The molecule has 1 saturated heterocycles. The highest BCUT2D eigenvalue weighted by molar-refractivity contribution is 7.80. The number of nitrogens with one attached hydrogen (secondary N) is 1. The Morgan fingerprint density at radius 2 is 1.89 bits per heavy atom. The lowest BCUT2D eigenvalue weighted by Gasteiger charge is -2.46. The van der Waals surface area contributed by atoms with Crippen LogP contribution in [0, 0.1) is 5.41 Å². The van der Waals surface area contributed by atoms with Crippen molar-refractivity contribution in [2.24, 2.45) is 5.41 Å². The molecule has 1 saturated carbocycles. The predicted octanol–water partition coefficient (Wildman–Crippen LogP) is 4.26. The average molecular weight is 401 g/mol. The van der Waals surface area contributed by atoms with Gasteiger partial charge in [-0.3, -0.25) is 9.69 Å². The van der Waals surface area contributed by atoms with Crippen molar-refractivity contribution in [3.63, 3.8) is 0 Å². The Morgan fingerprint density at radius 1 is 1.21 bits per heavy atom. The van der Waals surface area contributed by atoms with E-state index in [1.807, 2.05) is 13.8 Å². The van der Waals surface area contributed by atoms with Crippen molar-refractivity contribution < 1.29 is 9.53 Å². The maximum Gasteiger partial charge on any atom is 0.259 e. The molecule has 1 aromatic carbocycles. The monoisotopic (exact) mass is 400 g/mol. The second-order valence-electron chi connectivity index (χ2n) is 9.41. The molecule has 4 nitrogen and oxygen atoms in total. The summed E-state index contributed by atoms with van der Waals surface area (Å²) in [6.07, 6.45) is 5.17. The molecule has 1 heterocycles. The summed E-state index contributed by atoms with van der Waals surface area (Å²) >= 11 is 5.68. The quantitative estimate of drug-likeness (QED) is 0.770. The number of rotatable bonds is 3. The van der Waals surface area contributed by atoms with Crippen LogP contribution in [0.2, 0.25) is 0 Å². The van der Waals surface area contributed by atoms with Crippen molar-refractivity contribution in [2.75, 3.05) is 7.11 Å². The van der Waals surface area contributed by atoms with E-state index in [1.54, 1.807) is 12.0 Å². The van der Waals surface area contributed by atoms with Gasteiger partial charge >= 0.3 is 0 Å². The molecule has 2 spiro atoms. The van der Waals surface area contributed by atoms with Gasteiger partial charge in [0.25, 0.3) is 5.91 Å². The highest BCUT2D eigenvalue weighted by Gasteiger charge is 2.67. The number of fused-ring (bicyclic) bond motifs is 3. The van der Waals surface area contributed by atoms with Crippen LogP contribution in [0.4, 0.5) is 0 Å². The summed E-state index contributed by atoms with van der Waals surface area (Å²) in [5, 5.41) is 4.17. The lowest BCUT2D eigenvalue weighted by molar-refractivity contribution is -0.139. The lowest BCUT2D eigenvalue weighted by Crippen LogP contribution is -2.57. The minimum absolute atomic E-state index is 0.0524. The Bertz CT molecular complexity index is 811. The highest BCUT2D eigenvalue weighted by Crippen LogP contribution is 2.60. The molecule has 2 aliphatic carbocycles. The van der Waals surface area contributed by atoms with Crippen LogP contribution in [-0.4, -0.2) is 35.2 Å². The van der Waals surface area contributed by atoms with Crippen LogP contribution in [0.25, 0.3) is 0 Å². The number of hydrogen-bond acceptors (Lipinski definition) is 3. The van der Waals surface area contributed by atoms with Crippen LogP contribution >= 0.6 is 12.2 Å². The molecule has 1 atom stereocenters. The molecule has 1 aromatic rings. The number of hydrogen-bond donors (Lipinski definition) is 1. The first-order valence-corrected chi connectivity index (χ1v) is 11.0. The first-order valence-electron chi connectivity index (χ1n) is 10.6. The summed E-state index contributed by atoms with van der Waals surface area (Å²) in [4.78, 5) is 15.8. The van der Waals surface area contributed by atoms with Gasteiger partial charge in [0.05, 0.1) is 6.10 Å². The molecule has 2 fully saturated rings. The molecule has 1 aliphatic heterocycles. The largest absolute Gasteiger partial charge is 0.381 e. The topological polar surface area (TPSA) is 41.6 Å². The summed E-state index contributed by atoms with van der Waals surface area (Å²) in [5.74, 6) is 0.566. The van der Waals surface area contributed by atoms with E-state index in [4.69, 9.17) is 17.0 Å². The van der Waals surface area contributed by atoms with Crippen molar-refractivity contribution in [3.8, 4) is 0 Å². The third kappa shape index (κ3) is 2.58. The van der Waals surface area contributed by atoms with E-state index in [2.05, 4.69) is 37.4 Å². The van der Waals surface area contributed by atoms with E-state index in [9.17, 15) is 4.79 Å². The second-order valence-corrected chi connectivity index (χ2v) is 9.80. The first-order chi connectivity index (χ1) is 13.3. The van der Waals surface area contributed by atoms with Gasteiger partial charge in [-0.05, 0) is 80.8 Å². The third-order valence-electron chi connectivity index (χ3n) is 7.32. The van der Waals surface area contributed by atoms with E-state index < -0.39 is 5.54 Å². The SMILES string of the molecule is CO[C@H]1CC[C@]2(CC1)Cc1ccc(C(C)C)cc1C21NC(=S)N(C(C)C)C1=O. The Labute approximate surface area is 174 Å². The van der Waals surface area contributed by atoms with Gasteiger partial charge in [0.1, 0.15) is 0 Å². The highest BCUT2D eigenvalue weighted by atomic mass is 32.1. The molecule has 1 unspecified atom stereocenters. The van der Waals surface area contributed by atoms with Gasteiger partial charge in [0, 0.05) is 18.6 Å². The van der Waals surface area contributed by atoms with Crippen molar-refractivity contribution in [2.45, 2.75) is 83.4 Å². The van der Waals surface area contributed by atoms with Gasteiger partial charge in [0.15, 0.2) is 10.7 Å². The second kappa shape index (κ2) is 6.81. The zero-order valence-electron chi connectivity index (χ0n) is 17.7. The van der Waals surface area contributed by atoms with Gasteiger partial charge < -0.3 is 10.1 Å². The van der Waals surface area contributed by atoms with Crippen LogP contribution in [0.1, 0.15) is 76.0 Å². The number of methoxy groups -OCH3 is 1. The zero-order chi connectivity index (χ0) is 20.3. The molecule has 4 rings (SSSR count). The smallest absolute Gasteiger partial charge is 0.259 e. The fraction of sp³-hybridized carbons (Fsp3) is 0.652. The van der Waals surface area contributed by atoms with E-state index in [1.165, 1.54) is 11.1 Å². The number of carbonyl (C=O) groups is 1. The summed E-state index contributed by atoms with van der Waals surface area (Å²) in [6, 6.07) is 6.81. The predicted molar refractivity (Wildman–Crippen MR) is 115 cm³/mol. The van der Waals surface area contributed by atoms with E-state index in [0.29, 0.717) is 17.1 Å². The molecule has 3 aliphatic rings. The number of benzene rings is 1. The minimum Gasteiger partial charge on any atom is -0.381 e. The number of amides is 1. The first kappa shape index (κ1) is 19.8. The van der Waals surface area contributed by atoms with Gasteiger partial charge in [-0.2, -0.15) is 0 Å². The molecule has 0 bridgehead atoms. The maximum atomic E-state index is 14.0. The molecular weight excluding hydrogens is 368 g/mol. The van der Waals surface area contributed by atoms with Gasteiger partial charge in [-0.25, -0.2) is 0 Å². The van der Waals surface area contributed by atoms with E-state index in [0.717, 1.165) is 37.7 Å². The number of ether oxygens (including phenoxy) is 1. The average Bonchev–Trinajstić information content (AvgIpc) is 3.08. The fourth-order valence-electron chi connectivity index (χ4n) is 5.73. The number of nitrogens with zero attached hydrogens (tertiary/aromatic N) is 1. The Morgan fingerprint density at radius 3 is 2.43 bits per heavy atom. The van der Waals surface area contributed by atoms with E-state index >= 15 is 0 Å². The summed E-state index contributed by atoms with van der Waals surface area (Å²) in [7, 11) is 1.80. The Hall–Kier alpha value is -1.46. The summed E-state index contributed by atoms with van der Waals surface area (Å²) in [6.45, 7) is 8.50. The zero-order valence-corrected chi connectivity index (χ0v) is 18.5. The molecule has 0 aromatic heterocycles. The van der Waals surface area contributed by atoms with E-state index in [-0.39, 0.29) is 17.4 Å². The van der Waals surface area contributed by atoms with Crippen LogP contribution in [0.15, 0.2) is 18.2 Å². The van der Waals surface area contributed by atoms with Crippen molar-refractivity contribution in [1.29, 1.82) is 0 Å². The number of carbonyl (C=O) groups excluding carboxylic acids is 1. The Balaban J connectivity index is 1.88. The lowest BCUT2D eigenvalue weighted by atomic mass is 9.61. The minimum atomic E-state index is -0.729. The standard InChI is InChI=1S/C23H32N2O2S/c1-14(2)16-6-7-17-13-22(10-8-18(27-5)9-11-22)23(19(17)12-16)20(26)25(15(3)4)21(28)24-23/h6-7,12,14-15,18H,8-11,13H2,1-5H3,(H,24,28)/t18-,22-,23?. The van der Waals surface area contributed by atoms with Gasteiger partial charge in [0.2, 0.25) is 0 Å². The molecular formula is C23H32N2O2S.